The van der Waals surface area contributed by atoms with Gasteiger partial charge in [0.1, 0.15) is 5.75 Å². The van der Waals surface area contributed by atoms with Crippen LogP contribution in [0.15, 0.2) is 18.2 Å². The van der Waals surface area contributed by atoms with Crippen molar-refractivity contribution in [2.75, 3.05) is 20.2 Å². The number of rotatable bonds is 7. The largest absolute Gasteiger partial charge is 0.496 e. The minimum atomic E-state index is -0.663. The van der Waals surface area contributed by atoms with Crippen LogP contribution in [-0.4, -0.2) is 30.9 Å². The fourth-order valence-corrected chi connectivity index (χ4v) is 1.97. The molecule has 1 aromatic rings. The Hall–Kier alpha value is -1.06. The summed E-state index contributed by atoms with van der Waals surface area (Å²) in [5.41, 5.74) is 1.89. The van der Waals surface area contributed by atoms with Crippen molar-refractivity contribution in [3.05, 3.63) is 29.3 Å². The highest BCUT2D eigenvalue weighted by Crippen LogP contribution is 2.24. The zero-order chi connectivity index (χ0) is 14.5. The molecule has 1 aromatic carbocycles. The summed E-state index contributed by atoms with van der Waals surface area (Å²) in [6.45, 7) is 9.43. The number of ether oxygens (including phenoxy) is 1. The fourth-order valence-electron chi connectivity index (χ4n) is 1.97. The number of methoxy groups -OCH3 is 1. The standard InChI is InChI=1S/C16H27NO2/c1-12(2)13-6-7-15(19-5)14(10-13)8-9-17-11-16(3,4)18/h6-7,10,12,17-18H,8-9,11H2,1-5H3. The summed E-state index contributed by atoms with van der Waals surface area (Å²) < 4.78 is 5.40. The lowest BCUT2D eigenvalue weighted by Gasteiger charge is -2.18. The maximum absolute atomic E-state index is 9.65. The SMILES string of the molecule is COc1ccc(C(C)C)cc1CCNCC(C)(C)O. The Balaban J connectivity index is 2.62. The van der Waals surface area contributed by atoms with Crippen LogP contribution in [0, 0.1) is 0 Å². The summed E-state index contributed by atoms with van der Waals surface area (Å²) >= 11 is 0. The first-order chi connectivity index (χ1) is 8.83. The molecule has 0 radical (unpaired) electrons. The maximum Gasteiger partial charge on any atom is 0.122 e. The summed E-state index contributed by atoms with van der Waals surface area (Å²) in [6.07, 6.45) is 0.903. The van der Waals surface area contributed by atoms with Crippen molar-refractivity contribution in [2.24, 2.45) is 0 Å². The average Bonchev–Trinajstić information content (AvgIpc) is 2.33. The second-order valence-electron chi connectivity index (χ2n) is 5.97. The fraction of sp³-hybridized carbons (Fsp3) is 0.625. The molecule has 0 aliphatic rings. The third-order valence-electron chi connectivity index (χ3n) is 3.10. The highest BCUT2D eigenvalue weighted by molar-refractivity contribution is 5.38. The quantitative estimate of drug-likeness (QED) is 0.745. The molecule has 0 saturated heterocycles. The van der Waals surface area contributed by atoms with Crippen LogP contribution in [0.5, 0.6) is 5.75 Å². The van der Waals surface area contributed by atoms with Gasteiger partial charge in [0.25, 0.3) is 0 Å². The minimum absolute atomic E-state index is 0.522. The molecule has 108 valence electrons. The Kier molecular flexibility index (Phi) is 5.83. The van der Waals surface area contributed by atoms with Crippen molar-refractivity contribution < 1.29 is 9.84 Å². The molecular weight excluding hydrogens is 238 g/mol. The number of hydrogen-bond donors (Lipinski definition) is 2. The Morgan fingerprint density at radius 3 is 2.53 bits per heavy atom. The van der Waals surface area contributed by atoms with Gasteiger partial charge in [-0.05, 0) is 49.9 Å². The lowest BCUT2D eigenvalue weighted by Crippen LogP contribution is -2.35. The van der Waals surface area contributed by atoms with E-state index < -0.39 is 5.60 Å². The van der Waals surface area contributed by atoms with E-state index in [4.69, 9.17) is 4.74 Å². The first-order valence-electron chi connectivity index (χ1n) is 6.93. The number of aliphatic hydroxyl groups is 1. The minimum Gasteiger partial charge on any atom is -0.496 e. The molecule has 0 saturated carbocycles. The molecule has 0 heterocycles. The van der Waals surface area contributed by atoms with Gasteiger partial charge in [0.05, 0.1) is 12.7 Å². The van der Waals surface area contributed by atoms with Crippen molar-refractivity contribution in [3.8, 4) is 5.75 Å². The topological polar surface area (TPSA) is 41.5 Å². The van der Waals surface area contributed by atoms with E-state index in [0.717, 1.165) is 18.7 Å². The van der Waals surface area contributed by atoms with E-state index in [9.17, 15) is 5.11 Å². The summed E-state index contributed by atoms with van der Waals surface area (Å²) in [6, 6.07) is 6.38. The summed E-state index contributed by atoms with van der Waals surface area (Å²) in [5.74, 6) is 1.46. The van der Waals surface area contributed by atoms with Gasteiger partial charge >= 0.3 is 0 Å². The van der Waals surface area contributed by atoms with Crippen molar-refractivity contribution in [2.45, 2.75) is 45.6 Å². The first-order valence-corrected chi connectivity index (χ1v) is 6.93. The van der Waals surface area contributed by atoms with Crippen LogP contribution >= 0.6 is 0 Å². The van der Waals surface area contributed by atoms with Crippen molar-refractivity contribution in [1.29, 1.82) is 0 Å². The van der Waals surface area contributed by atoms with Gasteiger partial charge in [-0.1, -0.05) is 26.0 Å². The van der Waals surface area contributed by atoms with Crippen molar-refractivity contribution in [3.63, 3.8) is 0 Å². The molecule has 3 nitrogen and oxygen atoms in total. The third-order valence-corrected chi connectivity index (χ3v) is 3.10. The molecule has 0 bridgehead atoms. The van der Waals surface area contributed by atoms with Crippen LogP contribution in [0.1, 0.15) is 44.7 Å². The Bertz CT molecular complexity index is 394. The van der Waals surface area contributed by atoms with E-state index in [0.29, 0.717) is 12.5 Å². The summed E-state index contributed by atoms with van der Waals surface area (Å²) in [7, 11) is 1.71. The van der Waals surface area contributed by atoms with E-state index in [1.165, 1.54) is 11.1 Å². The zero-order valence-electron chi connectivity index (χ0n) is 12.8. The molecule has 0 aliphatic heterocycles. The predicted octanol–water partition coefficient (Wildman–Crippen LogP) is 2.72. The second kappa shape index (κ2) is 6.92. The second-order valence-corrected chi connectivity index (χ2v) is 5.97. The molecule has 2 N–H and O–H groups in total. The van der Waals surface area contributed by atoms with Gasteiger partial charge in [0.2, 0.25) is 0 Å². The lowest BCUT2D eigenvalue weighted by atomic mass is 9.99. The Morgan fingerprint density at radius 1 is 1.32 bits per heavy atom. The van der Waals surface area contributed by atoms with Crippen LogP contribution in [0.25, 0.3) is 0 Å². The van der Waals surface area contributed by atoms with Gasteiger partial charge < -0.3 is 15.2 Å². The highest BCUT2D eigenvalue weighted by Gasteiger charge is 2.11. The van der Waals surface area contributed by atoms with Gasteiger partial charge in [-0.3, -0.25) is 0 Å². The summed E-state index contributed by atoms with van der Waals surface area (Å²) in [5, 5.41) is 12.9. The molecule has 3 heteroatoms. The number of benzene rings is 1. The first kappa shape index (κ1) is 16.0. The maximum atomic E-state index is 9.65. The summed E-state index contributed by atoms with van der Waals surface area (Å²) in [4.78, 5) is 0. The molecule has 1 rings (SSSR count). The normalized spacial score (nSPS) is 11.9. The molecule has 0 unspecified atom stereocenters. The van der Waals surface area contributed by atoms with E-state index in [1.54, 1.807) is 21.0 Å². The smallest absolute Gasteiger partial charge is 0.122 e. The van der Waals surface area contributed by atoms with Crippen LogP contribution in [0.3, 0.4) is 0 Å². The van der Waals surface area contributed by atoms with Crippen LogP contribution in [-0.2, 0) is 6.42 Å². The Morgan fingerprint density at radius 2 is 2.00 bits per heavy atom. The molecular formula is C16H27NO2. The third kappa shape index (κ3) is 5.62. The predicted molar refractivity (Wildman–Crippen MR) is 80.0 cm³/mol. The van der Waals surface area contributed by atoms with Gasteiger partial charge in [-0.2, -0.15) is 0 Å². The lowest BCUT2D eigenvalue weighted by molar-refractivity contribution is 0.0801. The van der Waals surface area contributed by atoms with Gasteiger partial charge in [0, 0.05) is 6.54 Å². The van der Waals surface area contributed by atoms with Gasteiger partial charge in [-0.25, -0.2) is 0 Å². The van der Waals surface area contributed by atoms with E-state index in [2.05, 4.69) is 31.3 Å². The Labute approximate surface area is 117 Å². The van der Waals surface area contributed by atoms with Crippen LogP contribution < -0.4 is 10.1 Å². The van der Waals surface area contributed by atoms with Gasteiger partial charge in [-0.15, -0.1) is 0 Å². The van der Waals surface area contributed by atoms with E-state index in [-0.39, 0.29) is 0 Å². The number of hydrogen-bond acceptors (Lipinski definition) is 3. The van der Waals surface area contributed by atoms with Crippen molar-refractivity contribution in [1.82, 2.24) is 5.32 Å². The molecule has 0 atom stereocenters. The average molecular weight is 265 g/mol. The van der Waals surface area contributed by atoms with Crippen molar-refractivity contribution >= 4 is 0 Å². The molecule has 0 aliphatic carbocycles. The van der Waals surface area contributed by atoms with E-state index >= 15 is 0 Å². The number of nitrogens with one attached hydrogen (secondary N) is 1. The zero-order valence-corrected chi connectivity index (χ0v) is 12.8. The van der Waals surface area contributed by atoms with Crippen LogP contribution in [0.2, 0.25) is 0 Å². The molecule has 0 aromatic heterocycles. The van der Waals surface area contributed by atoms with E-state index in [1.807, 2.05) is 6.07 Å². The van der Waals surface area contributed by atoms with Crippen LogP contribution in [0.4, 0.5) is 0 Å². The molecule has 19 heavy (non-hydrogen) atoms. The highest BCUT2D eigenvalue weighted by atomic mass is 16.5. The monoisotopic (exact) mass is 265 g/mol. The molecule has 0 fully saturated rings. The van der Waals surface area contributed by atoms with Gasteiger partial charge in [0.15, 0.2) is 0 Å². The molecule has 0 amide bonds. The molecule has 0 spiro atoms.